The van der Waals surface area contributed by atoms with Crippen LogP contribution in [0.3, 0.4) is 0 Å². The smallest absolute Gasteiger partial charge is 0.464 e. The van der Waals surface area contributed by atoms with Gasteiger partial charge in [0.05, 0.1) is 23.8 Å². The second kappa shape index (κ2) is 5.52. The lowest BCUT2D eigenvalue weighted by Gasteiger charge is -2.11. The molecule has 0 bridgehead atoms. The molecule has 0 spiro atoms. The van der Waals surface area contributed by atoms with Gasteiger partial charge in [-0.15, -0.1) is 0 Å². The van der Waals surface area contributed by atoms with E-state index in [4.69, 9.17) is 9.15 Å². The first-order valence-corrected chi connectivity index (χ1v) is 7.25. The van der Waals surface area contributed by atoms with Gasteiger partial charge in [0, 0.05) is 0 Å². The molecule has 2 aromatic rings. The summed E-state index contributed by atoms with van der Waals surface area (Å²) in [6.07, 6.45) is 1.12. The van der Waals surface area contributed by atoms with Gasteiger partial charge in [-0.1, -0.05) is 0 Å². The number of carbonyl (C=O) groups is 1. The molecule has 0 saturated carbocycles. The van der Waals surface area contributed by atoms with Crippen LogP contribution in [0.5, 0.6) is 5.75 Å². The maximum absolute atomic E-state index is 12.4. The Hall–Kier alpha value is -2.23. The van der Waals surface area contributed by atoms with Crippen molar-refractivity contribution >= 4 is 27.1 Å². The Morgan fingerprint density at radius 3 is 2.59 bits per heavy atom. The van der Waals surface area contributed by atoms with Gasteiger partial charge in [0.15, 0.2) is 5.75 Å². The van der Waals surface area contributed by atoms with Crippen LogP contribution in [0.1, 0.15) is 17.3 Å². The maximum Gasteiger partial charge on any atom is 0.534 e. The van der Waals surface area contributed by atoms with Crippen molar-refractivity contribution in [2.75, 3.05) is 6.61 Å². The lowest BCUT2D eigenvalue weighted by atomic mass is 10.1. The minimum atomic E-state index is -5.87. The largest absolute Gasteiger partial charge is 0.534 e. The molecule has 1 aromatic heterocycles. The molecule has 0 aliphatic heterocycles. The number of rotatable bonds is 4. The quantitative estimate of drug-likeness (QED) is 0.484. The van der Waals surface area contributed by atoms with E-state index in [9.17, 15) is 26.4 Å². The molecule has 0 aliphatic carbocycles. The number of benzene rings is 1. The van der Waals surface area contributed by atoms with Crippen molar-refractivity contribution in [1.29, 1.82) is 0 Å². The van der Waals surface area contributed by atoms with Gasteiger partial charge in [-0.2, -0.15) is 21.6 Å². The Bertz CT molecular complexity index is 806. The van der Waals surface area contributed by atoms with Crippen LogP contribution in [0, 0.1) is 0 Å². The zero-order chi connectivity index (χ0) is 16.5. The summed E-state index contributed by atoms with van der Waals surface area (Å²) < 4.78 is 73.1. The van der Waals surface area contributed by atoms with Gasteiger partial charge in [-0.25, -0.2) is 4.79 Å². The minimum Gasteiger partial charge on any atom is -0.464 e. The Kier molecular flexibility index (Phi) is 4.05. The summed E-state index contributed by atoms with van der Waals surface area (Å²) in [6.45, 7) is 1.57. The van der Waals surface area contributed by atoms with E-state index >= 15 is 0 Å². The van der Waals surface area contributed by atoms with Crippen LogP contribution in [0.15, 0.2) is 28.9 Å². The number of furan rings is 1. The molecular formula is C12H9F3O6S. The molecule has 0 saturated heterocycles. The average molecular weight is 338 g/mol. The van der Waals surface area contributed by atoms with Crippen molar-refractivity contribution in [3.63, 3.8) is 0 Å². The van der Waals surface area contributed by atoms with Crippen molar-refractivity contribution in [2.45, 2.75) is 12.4 Å². The van der Waals surface area contributed by atoms with Crippen LogP contribution in [0.25, 0.3) is 11.0 Å². The summed E-state index contributed by atoms with van der Waals surface area (Å²) in [5.74, 6) is -1.53. The van der Waals surface area contributed by atoms with Crippen LogP contribution >= 0.6 is 0 Å². The Morgan fingerprint density at radius 1 is 1.32 bits per heavy atom. The molecule has 1 aromatic carbocycles. The van der Waals surface area contributed by atoms with E-state index < -0.39 is 27.3 Å². The Morgan fingerprint density at radius 2 is 2.00 bits per heavy atom. The third kappa shape index (κ3) is 3.01. The van der Waals surface area contributed by atoms with Gasteiger partial charge >= 0.3 is 21.6 Å². The normalized spacial score (nSPS) is 12.4. The molecule has 22 heavy (non-hydrogen) atoms. The number of fused-ring (bicyclic) bond motifs is 1. The Balaban J connectivity index is 2.53. The van der Waals surface area contributed by atoms with E-state index in [1.165, 1.54) is 19.1 Å². The molecule has 0 fully saturated rings. The summed E-state index contributed by atoms with van der Waals surface area (Å²) in [5, 5.41) is -0.0270. The molecule has 0 radical (unpaired) electrons. The molecule has 0 aliphatic rings. The van der Waals surface area contributed by atoms with Crippen molar-refractivity contribution in [3.05, 3.63) is 30.0 Å². The number of esters is 1. The van der Waals surface area contributed by atoms with Gasteiger partial charge in [0.25, 0.3) is 0 Å². The summed E-state index contributed by atoms with van der Waals surface area (Å²) in [4.78, 5) is 11.6. The zero-order valence-electron chi connectivity index (χ0n) is 11.0. The number of carbonyl (C=O) groups excluding carboxylic acids is 1. The lowest BCUT2D eigenvalue weighted by Crippen LogP contribution is -2.28. The van der Waals surface area contributed by atoms with Crippen LogP contribution < -0.4 is 4.18 Å². The fraction of sp³-hybridized carbons (Fsp3) is 0.250. The predicted molar refractivity (Wildman–Crippen MR) is 67.8 cm³/mol. The van der Waals surface area contributed by atoms with Crippen LogP contribution in [-0.2, 0) is 14.9 Å². The standard InChI is InChI=1S/C12H9F3O6S/c1-2-19-11(16)7-5-9-8(3-4-20-9)10(6-7)21-22(17,18)12(13,14)15/h3-6H,2H2,1H3. The maximum atomic E-state index is 12.4. The second-order valence-electron chi connectivity index (χ2n) is 4.01. The molecule has 10 heteroatoms. The minimum absolute atomic E-state index is 0.0158. The molecule has 0 atom stereocenters. The van der Waals surface area contributed by atoms with E-state index in [0.717, 1.165) is 12.3 Å². The summed E-state index contributed by atoms with van der Waals surface area (Å²) >= 11 is 0. The molecule has 120 valence electrons. The Labute approximate surface area is 122 Å². The topological polar surface area (TPSA) is 82.8 Å². The van der Waals surface area contributed by atoms with Gasteiger partial charge in [0.2, 0.25) is 0 Å². The SMILES string of the molecule is CCOC(=O)c1cc(OS(=O)(=O)C(F)(F)F)c2ccoc2c1. The van der Waals surface area contributed by atoms with E-state index in [2.05, 4.69) is 4.18 Å². The molecule has 1 heterocycles. The van der Waals surface area contributed by atoms with Gasteiger partial charge in [0.1, 0.15) is 5.58 Å². The third-order valence-electron chi connectivity index (χ3n) is 2.53. The van der Waals surface area contributed by atoms with Crippen molar-refractivity contribution in [3.8, 4) is 5.75 Å². The molecular weight excluding hydrogens is 329 g/mol. The highest BCUT2D eigenvalue weighted by atomic mass is 32.2. The van der Waals surface area contributed by atoms with E-state index in [1.54, 1.807) is 0 Å². The van der Waals surface area contributed by atoms with E-state index in [0.29, 0.717) is 0 Å². The first-order chi connectivity index (χ1) is 10.2. The highest BCUT2D eigenvalue weighted by Crippen LogP contribution is 2.33. The van der Waals surface area contributed by atoms with Crippen molar-refractivity contribution < 1.29 is 39.7 Å². The van der Waals surface area contributed by atoms with Crippen LogP contribution in [0.4, 0.5) is 13.2 Å². The second-order valence-corrected chi connectivity index (χ2v) is 5.55. The molecule has 0 N–H and O–H groups in total. The first-order valence-electron chi connectivity index (χ1n) is 5.85. The highest BCUT2D eigenvalue weighted by Gasteiger charge is 2.48. The van der Waals surface area contributed by atoms with Crippen molar-refractivity contribution in [2.24, 2.45) is 0 Å². The summed E-state index contributed by atoms with van der Waals surface area (Å²) in [6, 6.07) is 3.27. The first kappa shape index (κ1) is 16.1. The average Bonchev–Trinajstić information content (AvgIpc) is 2.85. The molecule has 2 rings (SSSR count). The highest BCUT2D eigenvalue weighted by molar-refractivity contribution is 7.88. The van der Waals surface area contributed by atoms with Crippen LogP contribution in [0.2, 0.25) is 0 Å². The van der Waals surface area contributed by atoms with Gasteiger partial charge in [-0.3, -0.25) is 0 Å². The lowest BCUT2D eigenvalue weighted by molar-refractivity contribution is -0.0499. The molecule has 0 amide bonds. The summed E-state index contributed by atoms with van der Waals surface area (Å²) in [7, 11) is -5.87. The van der Waals surface area contributed by atoms with E-state index in [1.807, 2.05) is 0 Å². The third-order valence-corrected chi connectivity index (χ3v) is 3.49. The summed E-state index contributed by atoms with van der Waals surface area (Å²) in [5.41, 5.74) is -5.81. The fourth-order valence-electron chi connectivity index (χ4n) is 1.60. The monoisotopic (exact) mass is 338 g/mol. The number of alkyl halides is 3. The predicted octanol–water partition coefficient (Wildman–Crippen LogP) is 2.84. The van der Waals surface area contributed by atoms with Gasteiger partial charge < -0.3 is 13.3 Å². The van der Waals surface area contributed by atoms with Gasteiger partial charge in [-0.05, 0) is 25.1 Å². The fourth-order valence-corrected chi connectivity index (χ4v) is 2.07. The number of halogens is 3. The molecule has 0 unspecified atom stereocenters. The van der Waals surface area contributed by atoms with Crippen molar-refractivity contribution in [1.82, 2.24) is 0 Å². The number of hydrogen-bond donors (Lipinski definition) is 0. The number of ether oxygens (including phenoxy) is 1. The number of hydrogen-bond acceptors (Lipinski definition) is 6. The van der Waals surface area contributed by atoms with E-state index in [-0.39, 0.29) is 23.1 Å². The molecule has 6 nitrogen and oxygen atoms in total. The van der Waals surface area contributed by atoms with Crippen LogP contribution in [-0.4, -0.2) is 26.5 Å². The zero-order valence-corrected chi connectivity index (χ0v) is 11.8.